The molecule has 2 unspecified atom stereocenters. The molecule has 39 heavy (non-hydrogen) atoms. The zero-order valence-electron chi connectivity index (χ0n) is 22.2. The number of aliphatic hydroxyl groups excluding tert-OH is 1. The van der Waals surface area contributed by atoms with Crippen LogP contribution in [0.3, 0.4) is 0 Å². The molecule has 2 fully saturated rings. The molecule has 0 aliphatic carbocycles. The van der Waals surface area contributed by atoms with E-state index in [4.69, 9.17) is 5.73 Å². The van der Waals surface area contributed by atoms with E-state index in [1.54, 1.807) is 6.92 Å². The van der Waals surface area contributed by atoms with Crippen LogP contribution in [0.4, 0.5) is 17.1 Å². The number of benzene rings is 2. The third-order valence-corrected chi connectivity index (χ3v) is 8.66. The molecule has 6 rings (SSSR count). The van der Waals surface area contributed by atoms with Gasteiger partial charge < -0.3 is 25.5 Å². The number of anilines is 3. The van der Waals surface area contributed by atoms with Crippen LogP contribution < -0.4 is 15.5 Å². The highest BCUT2D eigenvalue weighted by atomic mass is 16.3. The van der Waals surface area contributed by atoms with Gasteiger partial charge in [-0.15, -0.1) is 0 Å². The minimum atomic E-state index is -0.744. The summed E-state index contributed by atoms with van der Waals surface area (Å²) in [4.78, 5) is 40.1. The van der Waals surface area contributed by atoms with Gasteiger partial charge in [0.2, 0.25) is 11.8 Å². The number of carbonyl (C=O) groups excluding carboxylic acids is 2. The SMILES string of the molecule is CC(=O)N1CCC2(CC1)CN(C(=O)C1CC(O)N(c3cccc(N)c3)C1)c1ccc(Cc3cncnc3)cc12. The number of nitrogens with zero attached hydrogens (tertiary/aromatic N) is 5. The number of hydrogen-bond donors (Lipinski definition) is 2. The van der Waals surface area contributed by atoms with E-state index < -0.39 is 6.23 Å². The Labute approximate surface area is 228 Å². The van der Waals surface area contributed by atoms with Crippen LogP contribution in [0.5, 0.6) is 0 Å². The average Bonchev–Trinajstić information content (AvgIpc) is 3.47. The number of nitrogen functional groups attached to an aromatic ring is 1. The lowest BCUT2D eigenvalue weighted by Gasteiger charge is -2.39. The number of amides is 2. The molecule has 1 aromatic heterocycles. The molecule has 2 aromatic carbocycles. The van der Waals surface area contributed by atoms with Crippen LogP contribution in [-0.4, -0.2) is 64.2 Å². The fourth-order valence-electron chi connectivity index (χ4n) is 6.55. The summed E-state index contributed by atoms with van der Waals surface area (Å²) in [5.41, 5.74) is 11.5. The van der Waals surface area contributed by atoms with Crippen molar-refractivity contribution in [2.45, 2.75) is 44.2 Å². The van der Waals surface area contributed by atoms with Crippen molar-refractivity contribution in [2.75, 3.05) is 41.7 Å². The predicted octanol–water partition coefficient (Wildman–Crippen LogP) is 2.72. The Morgan fingerprint density at radius 1 is 1.08 bits per heavy atom. The van der Waals surface area contributed by atoms with Crippen molar-refractivity contribution in [1.29, 1.82) is 0 Å². The van der Waals surface area contributed by atoms with Crippen LogP contribution in [0.15, 0.2) is 61.2 Å². The quantitative estimate of drug-likeness (QED) is 0.502. The lowest BCUT2D eigenvalue weighted by molar-refractivity contribution is -0.130. The second-order valence-electron chi connectivity index (χ2n) is 11.1. The maximum Gasteiger partial charge on any atom is 0.232 e. The summed E-state index contributed by atoms with van der Waals surface area (Å²) in [5.74, 6) is -0.199. The standard InChI is InChI=1S/C30H34N6O3/c1-20(37)34-9-7-30(8-10-34)18-36(27-6-5-21(12-26(27)30)11-22-15-32-19-33-16-22)29(39)23-13-28(38)35(17-23)25-4-2-3-24(31)14-25/h2-6,12,14-16,19,23,28,38H,7-11,13,17-18,31H2,1H3. The molecular formula is C30H34N6O3. The van der Waals surface area contributed by atoms with Gasteiger partial charge in [-0.1, -0.05) is 18.2 Å². The largest absolute Gasteiger partial charge is 0.399 e. The van der Waals surface area contributed by atoms with Gasteiger partial charge in [-0.25, -0.2) is 9.97 Å². The molecule has 1 spiro atoms. The van der Waals surface area contributed by atoms with Crippen molar-refractivity contribution in [3.63, 3.8) is 0 Å². The molecule has 4 heterocycles. The van der Waals surface area contributed by atoms with E-state index in [1.165, 1.54) is 11.9 Å². The Hall–Kier alpha value is -3.98. The first-order valence-corrected chi connectivity index (χ1v) is 13.6. The van der Waals surface area contributed by atoms with Crippen LogP contribution in [0.2, 0.25) is 0 Å². The van der Waals surface area contributed by atoms with Crippen molar-refractivity contribution >= 4 is 28.9 Å². The summed E-state index contributed by atoms with van der Waals surface area (Å²) in [6.07, 6.45) is 7.14. The third-order valence-electron chi connectivity index (χ3n) is 8.66. The Morgan fingerprint density at radius 2 is 1.85 bits per heavy atom. The number of likely N-dealkylation sites (tertiary alicyclic amines) is 1. The number of piperidine rings is 1. The van der Waals surface area contributed by atoms with Gasteiger partial charge in [0.1, 0.15) is 12.6 Å². The van der Waals surface area contributed by atoms with E-state index in [0.717, 1.165) is 35.3 Å². The molecule has 2 saturated heterocycles. The van der Waals surface area contributed by atoms with Crippen LogP contribution in [0.1, 0.15) is 42.9 Å². The van der Waals surface area contributed by atoms with E-state index in [1.807, 2.05) is 51.4 Å². The van der Waals surface area contributed by atoms with Gasteiger partial charge in [-0.3, -0.25) is 9.59 Å². The van der Waals surface area contributed by atoms with Crippen LogP contribution in [-0.2, 0) is 21.4 Å². The molecule has 3 aromatic rings. The van der Waals surface area contributed by atoms with Crippen LogP contribution in [0.25, 0.3) is 0 Å². The molecule has 0 saturated carbocycles. The third kappa shape index (κ3) is 4.71. The van der Waals surface area contributed by atoms with Gasteiger partial charge in [-0.05, 0) is 53.8 Å². The maximum absolute atomic E-state index is 14.1. The second kappa shape index (κ2) is 9.96. The lowest BCUT2D eigenvalue weighted by atomic mass is 9.73. The molecule has 3 N–H and O–H groups in total. The van der Waals surface area contributed by atoms with E-state index in [2.05, 4.69) is 28.2 Å². The molecule has 0 bridgehead atoms. The van der Waals surface area contributed by atoms with Gasteiger partial charge >= 0.3 is 0 Å². The number of nitrogens with two attached hydrogens (primary N) is 1. The highest BCUT2D eigenvalue weighted by molar-refractivity contribution is 5.98. The summed E-state index contributed by atoms with van der Waals surface area (Å²) < 4.78 is 0. The Bertz CT molecular complexity index is 1390. The van der Waals surface area contributed by atoms with E-state index in [0.29, 0.717) is 44.7 Å². The monoisotopic (exact) mass is 526 g/mol. The minimum Gasteiger partial charge on any atom is -0.399 e. The molecule has 202 valence electrons. The maximum atomic E-state index is 14.1. The van der Waals surface area contributed by atoms with Crippen LogP contribution in [0, 0.1) is 5.92 Å². The minimum absolute atomic E-state index is 0.0387. The fourth-order valence-corrected chi connectivity index (χ4v) is 6.55. The molecule has 9 nitrogen and oxygen atoms in total. The number of aliphatic hydroxyl groups is 1. The molecule has 3 aliphatic heterocycles. The number of carbonyl (C=O) groups is 2. The number of fused-ring (bicyclic) bond motifs is 2. The van der Waals surface area contributed by atoms with Crippen molar-refractivity contribution in [3.8, 4) is 0 Å². The Balaban J connectivity index is 1.29. The van der Waals surface area contributed by atoms with Crippen molar-refractivity contribution in [3.05, 3.63) is 77.9 Å². The predicted molar refractivity (Wildman–Crippen MR) is 149 cm³/mol. The Kier molecular flexibility index (Phi) is 6.46. The number of rotatable bonds is 4. The van der Waals surface area contributed by atoms with Crippen molar-refractivity contribution < 1.29 is 14.7 Å². The molecule has 2 amide bonds. The summed E-state index contributed by atoms with van der Waals surface area (Å²) in [5, 5.41) is 10.9. The average molecular weight is 527 g/mol. The second-order valence-corrected chi connectivity index (χ2v) is 11.1. The normalized spacial score (nSPS) is 21.8. The smallest absolute Gasteiger partial charge is 0.232 e. The molecule has 0 radical (unpaired) electrons. The summed E-state index contributed by atoms with van der Waals surface area (Å²) in [7, 11) is 0. The first-order chi connectivity index (χ1) is 18.8. The first kappa shape index (κ1) is 25.3. The van der Waals surface area contributed by atoms with Crippen molar-refractivity contribution in [1.82, 2.24) is 14.9 Å². The highest BCUT2D eigenvalue weighted by Crippen LogP contribution is 2.48. The molecule has 9 heteroatoms. The lowest BCUT2D eigenvalue weighted by Crippen LogP contribution is -2.48. The molecule has 2 atom stereocenters. The van der Waals surface area contributed by atoms with Gasteiger partial charge in [0.15, 0.2) is 0 Å². The zero-order valence-corrected chi connectivity index (χ0v) is 22.2. The van der Waals surface area contributed by atoms with Crippen LogP contribution >= 0.6 is 0 Å². The Morgan fingerprint density at radius 3 is 2.56 bits per heavy atom. The van der Waals surface area contributed by atoms with E-state index in [9.17, 15) is 14.7 Å². The van der Waals surface area contributed by atoms with Gasteiger partial charge in [-0.2, -0.15) is 0 Å². The van der Waals surface area contributed by atoms with E-state index in [-0.39, 0.29) is 23.1 Å². The van der Waals surface area contributed by atoms with Crippen molar-refractivity contribution in [2.24, 2.45) is 5.92 Å². The van der Waals surface area contributed by atoms with Gasteiger partial charge in [0, 0.05) is 80.8 Å². The summed E-state index contributed by atoms with van der Waals surface area (Å²) in [6, 6.07) is 13.8. The molecular weight excluding hydrogens is 492 g/mol. The number of hydrogen-bond acceptors (Lipinski definition) is 7. The van der Waals surface area contributed by atoms with Gasteiger partial charge in [0.25, 0.3) is 0 Å². The fraction of sp³-hybridized carbons (Fsp3) is 0.400. The highest BCUT2D eigenvalue weighted by Gasteiger charge is 2.49. The summed E-state index contributed by atoms with van der Waals surface area (Å²) in [6.45, 7) is 4.01. The first-order valence-electron chi connectivity index (χ1n) is 13.6. The zero-order chi connectivity index (χ0) is 27.1. The molecule has 3 aliphatic rings. The van der Waals surface area contributed by atoms with Gasteiger partial charge in [0.05, 0.1) is 5.92 Å². The van der Waals surface area contributed by atoms with E-state index >= 15 is 0 Å². The topological polar surface area (TPSA) is 116 Å². The summed E-state index contributed by atoms with van der Waals surface area (Å²) >= 11 is 0. The number of aromatic nitrogens is 2.